The average molecular weight is 347 g/mol. The Hall–Kier alpha value is -4.04. The van der Waals surface area contributed by atoms with Crippen LogP contribution in [0.2, 0.25) is 0 Å². The van der Waals surface area contributed by atoms with Gasteiger partial charge in [0.25, 0.3) is 5.56 Å². The number of nitrogens with one attached hydrogen (secondary N) is 1. The number of rotatable bonds is 3. The minimum atomic E-state index is -0.376. The van der Waals surface area contributed by atoms with E-state index in [9.17, 15) is 20.4 Å². The smallest absolute Gasteiger partial charge is 0.272 e. The van der Waals surface area contributed by atoms with Crippen LogP contribution < -0.4 is 10.3 Å². The van der Waals surface area contributed by atoms with Gasteiger partial charge in [-0.25, -0.2) is 4.98 Å². The molecule has 26 heavy (non-hydrogen) atoms. The standard InChI is InChI=1S/C18H13N5O3/c1-10-5-16(25)23-18(21-10)13(9-20)17(22-23)12(8-19)6-11-3-4-14(24)15(7-11)26-2/h3-7,22,24H,1-2H3/b12-6-. The molecule has 0 spiro atoms. The number of ether oxygens (including phenoxy) is 1. The van der Waals surface area contributed by atoms with E-state index >= 15 is 0 Å². The summed E-state index contributed by atoms with van der Waals surface area (Å²) in [5.41, 5.74) is 1.27. The van der Waals surface area contributed by atoms with Gasteiger partial charge in [-0.2, -0.15) is 15.0 Å². The number of aryl methyl sites for hydroxylation is 1. The molecule has 8 heteroatoms. The van der Waals surface area contributed by atoms with E-state index in [-0.39, 0.29) is 39.5 Å². The maximum atomic E-state index is 12.1. The summed E-state index contributed by atoms with van der Waals surface area (Å²) in [5.74, 6) is 0.222. The van der Waals surface area contributed by atoms with Crippen LogP contribution in [0.3, 0.4) is 0 Å². The number of fused-ring (bicyclic) bond motifs is 1. The first-order chi connectivity index (χ1) is 12.5. The fourth-order valence-electron chi connectivity index (χ4n) is 2.56. The summed E-state index contributed by atoms with van der Waals surface area (Å²) in [6.45, 7) is 1.65. The Bertz CT molecular complexity index is 1190. The number of hydrogen-bond acceptors (Lipinski definition) is 6. The van der Waals surface area contributed by atoms with Crippen LogP contribution in [-0.2, 0) is 0 Å². The van der Waals surface area contributed by atoms with E-state index < -0.39 is 0 Å². The number of phenolic OH excluding ortho intramolecular Hbond substituents is 1. The Kier molecular flexibility index (Phi) is 4.17. The monoisotopic (exact) mass is 347 g/mol. The lowest BCUT2D eigenvalue weighted by Crippen LogP contribution is -2.14. The number of hydrogen-bond donors (Lipinski definition) is 2. The molecule has 0 aliphatic heterocycles. The maximum absolute atomic E-state index is 12.1. The van der Waals surface area contributed by atoms with Crippen molar-refractivity contribution in [2.75, 3.05) is 7.11 Å². The maximum Gasteiger partial charge on any atom is 0.272 e. The molecule has 2 heterocycles. The highest BCUT2D eigenvalue weighted by Gasteiger charge is 2.18. The number of aromatic hydroxyl groups is 1. The molecule has 0 atom stereocenters. The highest BCUT2D eigenvalue weighted by Crippen LogP contribution is 2.29. The molecule has 3 rings (SSSR count). The molecule has 0 saturated carbocycles. The molecule has 0 fully saturated rings. The SMILES string of the molecule is COc1cc(/C=C(/C#N)c2[nH]n3c(=O)cc(C)nc3c2C#N)ccc1O. The first kappa shape index (κ1) is 16.8. The third-order valence-corrected chi connectivity index (χ3v) is 3.76. The number of H-pyrrole nitrogens is 1. The van der Waals surface area contributed by atoms with Gasteiger partial charge in [0.15, 0.2) is 17.1 Å². The number of benzene rings is 1. The Balaban J connectivity index is 2.24. The third kappa shape index (κ3) is 2.76. The van der Waals surface area contributed by atoms with E-state index in [1.165, 1.54) is 25.3 Å². The van der Waals surface area contributed by atoms with Crippen LogP contribution in [0.4, 0.5) is 0 Å². The van der Waals surface area contributed by atoms with Gasteiger partial charge in [-0.15, -0.1) is 0 Å². The number of methoxy groups -OCH3 is 1. The second-order valence-electron chi connectivity index (χ2n) is 5.47. The molecule has 2 N–H and O–H groups in total. The van der Waals surface area contributed by atoms with Gasteiger partial charge in [-0.1, -0.05) is 6.07 Å². The van der Waals surface area contributed by atoms with E-state index in [0.717, 1.165) is 4.52 Å². The van der Waals surface area contributed by atoms with Crippen molar-refractivity contribution >= 4 is 17.3 Å². The molecule has 0 aliphatic carbocycles. The van der Waals surface area contributed by atoms with Gasteiger partial charge >= 0.3 is 0 Å². The van der Waals surface area contributed by atoms with Crippen molar-refractivity contribution in [3.63, 3.8) is 0 Å². The van der Waals surface area contributed by atoms with Crippen molar-refractivity contribution in [3.8, 4) is 23.6 Å². The van der Waals surface area contributed by atoms with Crippen LogP contribution >= 0.6 is 0 Å². The molecule has 3 aromatic rings. The zero-order chi connectivity index (χ0) is 18.8. The van der Waals surface area contributed by atoms with E-state index in [2.05, 4.69) is 10.1 Å². The van der Waals surface area contributed by atoms with Gasteiger partial charge in [0.1, 0.15) is 17.7 Å². The van der Waals surface area contributed by atoms with Crippen LogP contribution in [-0.4, -0.2) is 26.8 Å². The quantitative estimate of drug-likeness (QED) is 0.697. The van der Waals surface area contributed by atoms with Gasteiger partial charge in [-0.3, -0.25) is 9.89 Å². The normalized spacial score (nSPS) is 11.2. The molecule has 1 aromatic carbocycles. The minimum absolute atomic E-state index is 0.0299. The Labute approximate surface area is 147 Å². The summed E-state index contributed by atoms with van der Waals surface area (Å²) >= 11 is 0. The fraction of sp³-hybridized carbons (Fsp3) is 0.111. The molecule has 0 radical (unpaired) electrons. The number of allylic oxidation sites excluding steroid dienone is 1. The summed E-state index contributed by atoms with van der Waals surface area (Å²) < 4.78 is 6.18. The number of aromatic nitrogens is 3. The van der Waals surface area contributed by atoms with Gasteiger partial charge < -0.3 is 9.84 Å². The summed E-state index contributed by atoms with van der Waals surface area (Å²) in [4.78, 5) is 16.3. The Morgan fingerprint density at radius 1 is 1.38 bits per heavy atom. The van der Waals surface area contributed by atoms with Crippen molar-refractivity contribution in [2.24, 2.45) is 0 Å². The fourth-order valence-corrected chi connectivity index (χ4v) is 2.56. The molecule has 0 unspecified atom stereocenters. The van der Waals surface area contributed by atoms with Crippen molar-refractivity contribution in [3.05, 3.63) is 57.1 Å². The van der Waals surface area contributed by atoms with Gasteiger partial charge in [0.05, 0.1) is 18.4 Å². The van der Waals surface area contributed by atoms with Crippen LogP contribution in [0.15, 0.2) is 29.1 Å². The highest BCUT2D eigenvalue weighted by atomic mass is 16.5. The first-order valence-electron chi connectivity index (χ1n) is 7.50. The van der Waals surface area contributed by atoms with Crippen LogP contribution in [0.1, 0.15) is 22.5 Å². The van der Waals surface area contributed by atoms with Gasteiger partial charge in [-0.05, 0) is 30.7 Å². The number of nitriles is 2. The molecule has 0 amide bonds. The van der Waals surface area contributed by atoms with E-state index in [1.807, 2.05) is 12.1 Å². The van der Waals surface area contributed by atoms with E-state index in [4.69, 9.17) is 4.74 Å². The van der Waals surface area contributed by atoms with Gasteiger partial charge in [0, 0.05) is 11.8 Å². The predicted octanol–water partition coefficient (Wildman–Crippen LogP) is 1.98. The van der Waals surface area contributed by atoms with Crippen molar-refractivity contribution in [2.45, 2.75) is 6.92 Å². The summed E-state index contributed by atoms with van der Waals surface area (Å²) in [5, 5.41) is 31.5. The molecular formula is C18H13N5O3. The highest BCUT2D eigenvalue weighted by molar-refractivity contribution is 5.92. The van der Waals surface area contributed by atoms with Crippen LogP contribution in [0.5, 0.6) is 11.5 Å². The van der Waals surface area contributed by atoms with E-state index in [0.29, 0.717) is 11.3 Å². The lowest BCUT2D eigenvalue weighted by atomic mass is 10.1. The van der Waals surface area contributed by atoms with Crippen LogP contribution in [0.25, 0.3) is 17.3 Å². The van der Waals surface area contributed by atoms with Crippen molar-refractivity contribution in [1.82, 2.24) is 14.6 Å². The second-order valence-corrected chi connectivity index (χ2v) is 5.47. The van der Waals surface area contributed by atoms with Crippen molar-refractivity contribution < 1.29 is 9.84 Å². The van der Waals surface area contributed by atoms with Crippen molar-refractivity contribution in [1.29, 1.82) is 10.5 Å². The lowest BCUT2D eigenvalue weighted by Gasteiger charge is -2.04. The first-order valence-corrected chi connectivity index (χ1v) is 7.50. The molecule has 2 aromatic heterocycles. The molecule has 8 nitrogen and oxygen atoms in total. The molecule has 0 saturated heterocycles. The molecular weight excluding hydrogens is 334 g/mol. The number of aromatic amines is 1. The third-order valence-electron chi connectivity index (χ3n) is 3.76. The molecule has 128 valence electrons. The largest absolute Gasteiger partial charge is 0.504 e. The number of nitrogens with zero attached hydrogens (tertiary/aromatic N) is 4. The lowest BCUT2D eigenvalue weighted by molar-refractivity contribution is 0.373. The predicted molar refractivity (Wildman–Crippen MR) is 93.4 cm³/mol. The van der Waals surface area contributed by atoms with Gasteiger partial charge in [0.2, 0.25) is 0 Å². The summed E-state index contributed by atoms with van der Waals surface area (Å²) in [6, 6.07) is 9.93. The zero-order valence-corrected chi connectivity index (χ0v) is 13.9. The zero-order valence-electron chi connectivity index (χ0n) is 13.9. The topological polar surface area (TPSA) is 127 Å². The van der Waals surface area contributed by atoms with E-state index in [1.54, 1.807) is 19.1 Å². The average Bonchev–Trinajstić information content (AvgIpc) is 2.99. The molecule has 0 aliphatic rings. The number of phenols is 1. The minimum Gasteiger partial charge on any atom is -0.504 e. The Morgan fingerprint density at radius 2 is 2.15 bits per heavy atom. The molecule has 0 bridgehead atoms. The van der Waals surface area contributed by atoms with Crippen LogP contribution in [0, 0.1) is 29.6 Å². The second kappa shape index (κ2) is 6.46. The summed E-state index contributed by atoms with van der Waals surface area (Å²) in [6.07, 6.45) is 1.52. The Morgan fingerprint density at radius 3 is 2.81 bits per heavy atom. The summed E-state index contributed by atoms with van der Waals surface area (Å²) in [7, 11) is 1.42.